The first-order valence-corrected chi connectivity index (χ1v) is 7.31. The van der Waals surface area contributed by atoms with E-state index in [0.717, 1.165) is 16.7 Å². The van der Waals surface area contributed by atoms with Crippen LogP contribution < -0.4 is 10.3 Å². The Labute approximate surface area is 134 Å². The molecule has 4 nitrogen and oxygen atoms in total. The van der Waals surface area contributed by atoms with Gasteiger partial charge in [0.2, 0.25) is 5.55 Å². The molecule has 2 aromatic carbocycles. The molecule has 0 N–H and O–H groups in total. The molecule has 0 amide bonds. The summed E-state index contributed by atoms with van der Waals surface area (Å²) < 4.78 is 11.0. The van der Waals surface area contributed by atoms with Crippen molar-refractivity contribution in [2.75, 3.05) is 7.11 Å². The number of ether oxygens (including phenoxy) is 1. The maximum Gasteiger partial charge on any atom is 0.230 e. The maximum atomic E-state index is 11.9. The van der Waals surface area contributed by atoms with Crippen LogP contribution in [0.3, 0.4) is 0 Å². The molecule has 0 spiro atoms. The molecular formula is C19H17NO3. The van der Waals surface area contributed by atoms with Crippen molar-refractivity contribution in [2.24, 2.45) is 4.99 Å². The van der Waals surface area contributed by atoms with Gasteiger partial charge in [0, 0.05) is 5.39 Å². The molecule has 3 rings (SSSR count). The molecule has 0 aliphatic rings. The number of fused-ring (bicyclic) bond motifs is 1. The van der Waals surface area contributed by atoms with E-state index in [0.29, 0.717) is 22.4 Å². The zero-order valence-electron chi connectivity index (χ0n) is 13.3. The number of benzene rings is 2. The van der Waals surface area contributed by atoms with Crippen LogP contribution in [0.1, 0.15) is 22.8 Å². The van der Waals surface area contributed by atoms with Gasteiger partial charge in [-0.2, -0.15) is 0 Å². The number of carbonyl (C=O) groups excluding carboxylic acids is 1. The summed E-state index contributed by atoms with van der Waals surface area (Å²) in [6.07, 6.45) is 0. The van der Waals surface area contributed by atoms with Gasteiger partial charge < -0.3 is 9.15 Å². The van der Waals surface area contributed by atoms with Gasteiger partial charge in [0.1, 0.15) is 11.3 Å². The van der Waals surface area contributed by atoms with E-state index in [-0.39, 0.29) is 5.78 Å². The largest absolute Gasteiger partial charge is 0.497 e. The van der Waals surface area contributed by atoms with Crippen molar-refractivity contribution < 1.29 is 13.9 Å². The molecule has 4 heteroatoms. The topological polar surface area (TPSA) is 51.8 Å². The lowest BCUT2D eigenvalue weighted by atomic mass is 10.1. The Kier molecular flexibility index (Phi) is 3.98. The molecule has 3 aromatic rings. The van der Waals surface area contributed by atoms with Gasteiger partial charge >= 0.3 is 0 Å². The van der Waals surface area contributed by atoms with Gasteiger partial charge in [-0.05, 0) is 56.3 Å². The van der Waals surface area contributed by atoms with Crippen LogP contribution in [0.4, 0.5) is 5.69 Å². The molecule has 0 unspecified atom stereocenters. The molecule has 116 valence electrons. The first kappa shape index (κ1) is 15.0. The van der Waals surface area contributed by atoms with Crippen molar-refractivity contribution in [3.8, 4) is 5.75 Å². The quantitative estimate of drug-likeness (QED) is 0.682. The summed E-state index contributed by atoms with van der Waals surface area (Å²) in [6.45, 7) is 3.52. The van der Waals surface area contributed by atoms with Crippen LogP contribution in [0.2, 0.25) is 0 Å². The van der Waals surface area contributed by atoms with Crippen LogP contribution in [0, 0.1) is 6.92 Å². The van der Waals surface area contributed by atoms with Gasteiger partial charge in [-0.15, -0.1) is 0 Å². The normalized spacial score (nSPS) is 11.7. The van der Waals surface area contributed by atoms with E-state index < -0.39 is 0 Å². The fourth-order valence-electron chi connectivity index (χ4n) is 2.36. The van der Waals surface area contributed by atoms with Gasteiger partial charge in [0.15, 0.2) is 5.78 Å². The summed E-state index contributed by atoms with van der Waals surface area (Å²) in [5.41, 5.74) is 3.30. The van der Waals surface area contributed by atoms with E-state index in [2.05, 4.69) is 4.99 Å². The van der Waals surface area contributed by atoms with E-state index in [4.69, 9.17) is 9.15 Å². The minimum absolute atomic E-state index is 0.0792. The molecule has 0 aliphatic carbocycles. The standard InChI is InChI=1S/C19H17NO3/c1-12-4-9-18-14(10-12)11-17(13(2)21)19(23-18)20-15-5-7-16(22-3)8-6-15/h4-11H,1-3H3/b20-19-. The van der Waals surface area contributed by atoms with Crippen LogP contribution in [0.5, 0.6) is 5.75 Å². The van der Waals surface area contributed by atoms with Gasteiger partial charge in [0.25, 0.3) is 0 Å². The second kappa shape index (κ2) is 6.08. The third-order valence-electron chi connectivity index (χ3n) is 3.58. The highest BCUT2D eigenvalue weighted by molar-refractivity contribution is 5.96. The number of Topliss-reactive ketones (excluding diaryl/α,β-unsaturated/α-hetero) is 1. The third-order valence-corrected chi connectivity index (χ3v) is 3.58. The van der Waals surface area contributed by atoms with Crippen LogP contribution in [-0.2, 0) is 0 Å². The Balaban J connectivity index is 2.21. The first-order chi connectivity index (χ1) is 11.1. The maximum absolute atomic E-state index is 11.9. The highest BCUT2D eigenvalue weighted by Crippen LogP contribution is 2.19. The predicted molar refractivity (Wildman–Crippen MR) is 89.2 cm³/mol. The van der Waals surface area contributed by atoms with E-state index in [1.807, 2.05) is 55.5 Å². The smallest absolute Gasteiger partial charge is 0.230 e. The number of aryl methyl sites for hydroxylation is 1. The predicted octanol–water partition coefficient (Wildman–Crippen LogP) is 4.18. The zero-order valence-corrected chi connectivity index (χ0v) is 13.3. The molecule has 0 saturated heterocycles. The summed E-state index contributed by atoms with van der Waals surface area (Å²) >= 11 is 0. The van der Waals surface area contributed by atoms with Gasteiger partial charge in [-0.1, -0.05) is 11.6 Å². The Morgan fingerprint density at radius 3 is 2.48 bits per heavy atom. The average Bonchev–Trinajstić information content (AvgIpc) is 2.55. The Morgan fingerprint density at radius 2 is 1.83 bits per heavy atom. The van der Waals surface area contributed by atoms with Crippen molar-refractivity contribution >= 4 is 22.4 Å². The lowest BCUT2D eigenvalue weighted by Crippen LogP contribution is -2.13. The van der Waals surface area contributed by atoms with Gasteiger partial charge in [-0.25, -0.2) is 4.99 Å². The highest BCUT2D eigenvalue weighted by atomic mass is 16.5. The first-order valence-electron chi connectivity index (χ1n) is 7.31. The SMILES string of the molecule is COc1ccc(/N=c2\oc3ccc(C)cc3cc2C(C)=O)cc1. The summed E-state index contributed by atoms with van der Waals surface area (Å²) in [5.74, 6) is 0.672. The fourth-order valence-corrected chi connectivity index (χ4v) is 2.36. The number of carbonyl (C=O) groups is 1. The highest BCUT2D eigenvalue weighted by Gasteiger charge is 2.08. The monoisotopic (exact) mass is 307 g/mol. The molecule has 0 radical (unpaired) electrons. The Hall–Kier alpha value is -2.88. The van der Waals surface area contributed by atoms with E-state index >= 15 is 0 Å². The van der Waals surface area contributed by atoms with E-state index in [1.165, 1.54) is 6.92 Å². The Bertz CT molecular complexity index is 937. The molecule has 0 aliphatic heterocycles. The van der Waals surface area contributed by atoms with Crippen molar-refractivity contribution in [3.63, 3.8) is 0 Å². The molecule has 23 heavy (non-hydrogen) atoms. The summed E-state index contributed by atoms with van der Waals surface area (Å²) in [4.78, 5) is 16.4. The fraction of sp³-hybridized carbons (Fsp3) is 0.158. The lowest BCUT2D eigenvalue weighted by Gasteiger charge is -2.03. The van der Waals surface area contributed by atoms with Crippen LogP contribution in [-0.4, -0.2) is 12.9 Å². The number of hydrogen-bond donors (Lipinski definition) is 0. The summed E-state index contributed by atoms with van der Waals surface area (Å²) in [6, 6.07) is 14.9. The molecule has 1 heterocycles. The number of nitrogens with zero attached hydrogens (tertiary/aromatic N) is 1. The molecule has 0 atom stereocenters. The number of hydrogen-bond acceptors (Lipinski definition) is 4. The van der Waals surface area contributed by atoms with Crippen LogP contribution >= 0.6 is 0 Å². The van der Waals surface area contributed by atoms with Crippen LogP contribution in [0.25, 0.3) is 11.0 Å². The molecule has 0 bridgehead atoms. The number of rotatable bonds is 3. The lowest BCUT2D eigenvalue weighted by molar-refractivity contribution is 0.101. The van der Waals surface area contributed by atoms with Crippen molar-refractivity contribution in [3.05, 3.63) is 65.2 Å². The van der Waals surface area contributed by atoms with Crippen molar-refractivity contribution in [2.45, 2.75) is 13.8 Å². The van der Waals surface area contributed by atoms with E-state index in [1.54, 1.807) is 7.11 Å². The molecule has 0 saturated carbocycles. The zero-order chi connectivity index (χ0) is 16.4. The molecule has 0 fully saturated rings. The minimum atomic E-state index is -0.0792. The summed E-state index contributed by atoms with van der Waals surface area (Å²) in [7, 11) is 1.61. The third kappa shape index (κ3) is 3.16. The second-order valence-corrected chi connectivity index (χ2v) is 5.37. The minimum Gasteiger partial charge on any atom is -0.497 e. The van der Waals surface area contributed by atoms with Crippen molar-refractivity contribution in [1.29, 1.82) is 0 Å². The van der Waals surface area contributed by atoms with Gasteiger partial charge in [0.05, 0.1) is 18.4 Å². The average molecular weight is 307 g/mol. The second-order valence-electron chi connectivity index (χ2n) is 5.37. The van der Waals surface area contributed by atoms with Crippen LogP contribution in [0.15, 0.2) is 57.9 Å². The van der Waals surface area contributed by atoms with Crippen molar-refractivity contribution in [1.82, 2.24) is 0 Å². The number of methoxy groups -OCH3 is 1. The molecular weight excluding hydrogens is 290 g/mol. The Morgan fingerprint density at radius 1 is 1.09 bits per heavy atom. The van der Waals surface area contributed by atoms with Gasteiger partial charge in [-0.3, -0.25) is 4.79 Å². The number of ketones is 1. The van der Waals surface area contributed by atoms with E-state index in [9.17, 15) is 4.79 Å². The molecule has 1 aromatic heterocycles. The summed E-state index contributed by atoms with van der Waals surface area (Å²) in [5, 5.41) is 0.892.